The van der Waals surface area contributed by atoms with Crippen LogP contribution in [-0.4, -0.2) is 38.8 Å². The lowest BCUT2D eigenvalue weighted by atomic mass is 10.2. The summed E-state index contributed by atoms with van der Waals surface area (Å²) in [5.41, 5.74) is 8.20. The van der Waals surface area contributed by atoms with Crippen LogP contribution in [0.4, 0.5) is 5.82 Å². The summed E-state index contributed by atoms with van der Waals surface area (Å²) in [5, 5.41) is 3.63. The van der Waals surface area contributed by atoms with Crippen molar-refractivity contribution in [2.45, 2.75) is 43.8 Å². The van der Waals surface area contributed by atoms with Crippen molar-refractivity contribution < 1.29 is 14.3 Å². The van der Waals surface area contributed by atoms with Gasteiger partial charge >= 0.3 is 0 Å². The average molecular weight is 429 g/mol. The summed E-state index contributed by atoms with van der Waals surface area (Å²) in [5.74, 6) is 2.14. The van der Waals surface area contributed by atoms with Crippen molar-refractivity contribution in [2.75, 3.05) is 19.1 Å². The van der Waals surface area contributed by atoms with Crippen LogP contribution >= 0.6 is 11.8 Å². The number of nitrogens with zero attached hydrogens (tertiary/aromatic N) is 4. The third-order valence-corrected chi connectivity index (χ3v) is 5.82. The fourth-order valence-electron chi connectivity index (χ4n) is 3.07. The number of nitrogens with two attached hydrogens (primary N) is 1. The summed E-state index contributed by atoms with van der Waals surface area (Å²) in [7, 11) is 0. The van der Waals surface area contributed by atoms with E-state index in [4.69, 9.17) is 15.2 Å². The Labute approximate surface area is 178 Å². The van der Waals surface area contributed by atoms with Crippen molar-refractivity contribution in [3.8, 4) is 11.5 Å². The maximum Gasteiger partial charge on any atom is 0.231 e. The Kier molecular flexibility index (Phi) is 5.67. The quantitative estimate of drug-likeness (QED) is 0.590. The second-order valence-corrected chi connectivity index (χ2v) is 8.51. The van der Waals surface area contributed by atoms with Crippen LogP contribution in [0, 0.1) is 12.8 Å². The summed E-state index contributed by atoms with van der Waals surface area (Å²) < 4.78 is 12.9. The number of ether oxygens (including phenoxy) is 2. The predicted octanol–water partition coefficient (Wildman–Crippen LogP) is 2.76. The Morgan fingerprint density at radius 3 is 2.83 bits per heavy atom. The number of anilines is 1. The number of amides is 1. The first-order valence-corrected chi connectivity index (χ1v) is 10.6. The van der Waals surface area contributed by atoms with E-state index in [9.17, 15) is 4.79 Å². The molecule has 3 N–H and O–H groups in total. The van der Waals surface area contributed by atoms with Crippen LogP contribution in [0.1, 0.15) is 25.8 Å². The molecule has 10 heteroatoms. The first-order chi connectivity index (χ1) is 14.4. The van der Waals surface area contributed by atoms with Gasteiger partial charge in [-0.1, -0.05) is 25.6 Å². The fourth-order valence-corrected chi connectivity index (χ4v) is 4.07. The molecule has 0 saturated heterocycles. The number of nitrogens with one attached hydrogen (secondary N) is 1. The number of hydrogen-bond donors (Lipinski definition) is 2. The monoisotopic (exact) mass is 428 g/mol. The molecule has 0 atom stereocenters. The molecule has 1 amide bonds. The van der Waals surface area contributed by atoms with Crippen LogP contribution in [0.15, 0.2) is 28.5 Å². The van der Waals surface area contributed by atoms with Crippen LogP contribution in [0.5, 0.6) is 11.5 Å². The van der Waals surface area contributed by atoms with Gasteiger partial charge in [-0.3, -0.25) is 4.79 Å². The largest absolute Gasteiger partial charge is 0.454 e. The number of hydrogen-bond acceptors (Lipinski definition) is 8. The molecule has 0 bridgehead atoms. The molecule has 3 aromatic rings. The van der Waals surface area contributed by atoms with Crippen molar-refractivity contribution in [2.24, 2.45) is 5.92 Å². The highest BCUT2D eigenvalue weighted by Crippen LogP contribution is 2.40. The molecule has 1 aliphatic heterocycles. The summed E-state index contributed by atoms with van der Waals surface area (Å²) in [6.45, 7) is 7.43. The number of aryl methyl sites for hydroxylation is 2. The molecule has 1 aromatic carbocycles. The van der Waals surface area contributed by atoms with Gasteiger partial charge in [0.25, 0.3) is 0 Å². The molecular weight excluding hydrogens is 404 g/mol. The smallest absolute Gasteiger partial charge is 0.231 e. The highest BCUT2D eigenvalue weighted by atomic mass is 32.2. The normalized spacial score (nSPS) is 12.7. The number of nitrogen functional groups attached to an aromatic ring is 1. The lowest BCUT2D eigenvalue weighted by Gasteiger charge is -2.11. The molecule has 0 fully saturated rings. The van der Waals surface area contributed by atoms with E-state index >= 15 is 0 Å². The van der Waals surface area contributed by atoms with Crippen LogP contribution in [-0.2, 0) is 11.3 Å². The van der Waals surface area contributed by atoms with E-state index in [1.165, 1.54) is 18.1 Å². The third kappa shape index (κ3) is 4.13. The van der Waals surface area contributed by atoms with Gasteiger partial charge in [-0.25, -0.2) is 15.0 Å². The Balaban J connectivity index is 1.63. The number of carbonyl (C=O) groups is 1. The third-order valence-electron chi connectivity index (χ3n) is 4.67. The molecule has 2 aromatic heterocycles. The molecule has 0 saturated carbocycles. The number of benzene rings is 1. The minimum Gasteiger partial charge on any atom is -0.454 e. The summed E-state index contributed by atoms with van der Waals surface area (Å²) in [4.78, 5) is 26.3. The second kappa shape index (κ2) is 8.39. The molecule has 4 rings (SSSR count). The Morgan fingerprint density at radius 1 is 1.30 bits per heavy atom. The lowest BCUT2D eigenvalue weighted by Crippen LogP contribution is -2.28. The van der Waals surface area contributed by atoms with E-state index in [1.807, 2.05) is 23.6 Å². The predicted molar refractivity (Wildman–Crippen MR) is 114 cm³/mol. The minimum absolute atomic E-state index is 0.0113. The van der Waals surface area contributed by atoms with Crippen LogP contribution in [0.25, 0.3) is 11.2 Å². The van der Waals surface area contributed by atoms with E-state index in [1.54, 1.807) is 0 Å². The van der Waals surface area contributed by atoms with Crippen LogP contribution < -0.4 is 20.5 Å². The maximum absolute atomic E-state index is 12.3. The number of rotatable bonds is 7. The molecule has 30 heavy (non-hydrogen) atoms. The topological polar surface area (TPSA) is 117 Å². The Bertz CT molecular complexity index is 1100. The molecule has 0 unspecified atom stereocenters. The highest BCUT2D eigenvalue weighted by molar-refractivity contribution is 7.99. The van der Waals surface area contributed by atoms with Gasteiger partial charge in [0.1, 0.15) is 6.33 Å². The zero-order chi connectivity index (χ0) is 21.3. The zero-order valence-electron chi connectivity index (χ0n) is 17.1. The Morgan fingerprint density at radius 2 is 2.07 bits per heavy atom. The van der Waals surface area contributed by atoms with Crippen LogP contribution in [0.2, 0.25) is 0 Å². The molecule has 0 radical (unpaired) electrons. The van der Waals surface area contributed by atoms with Gasteiger partial charge in [-0.15, -0.1) is 0 Å². The van der Waals surface area contributed by atoms with Crippen molar-refractivity contribution in [1.29, 1.82) is 0 Å². The Hall–Kier alpha value is -3.01. The van der Waals surface area contributed by atoms with Gasteiger partial charge in [-0.2, -0.15) is 0 Å². The lowest BCUT2D eigenvalue weighted by molar-refractivity contribution is -0.121. The van der Waals surface area contributed by atoms with E-state index in [2.05, 4.69) is 34.1 Å². The summed E-state index contributed by atoms with van der Waals surface area (Å²) in [6, 6.07) is 3.89. The van der Waals surface area contributed by atoms with Gasteiger partial charge in [0, 0.05) is 24.4 Å². The fraction of sp³-hybridized carbons (Fsp3) is 0.400. The van der Waals surface area contributed by atoms with Crippen molar-refractivity contribution in [3.63, 3.8) is 0 Å². The number of imidazole rings is 1. The van der Waals surface area contributed by atoms with Gasteiger partial charge in [-0.05, 0) is 30.5 Å². The molecule has 9 nitrogen and oxygen atoms in total. The van der Waals surface area contributed by atoms with Crippen molar-refractivity contribution in [3.05, 3.63) is 24.0 Å². The summed E-state index contributed by atoms with van der Waals surface area (Å²) >= 11 is 1.47. The number of fused-ring (bicyclic) bond motifs is 2. The molecule has 3 heterocycles. The molecular formula is C20H24N6O3S. The highest BCUT2D eigenvalue weighted by Gasteiger charge is 2.20. The van der Waals surface area contributed by atoms with Gasteiger partial charge in [0.2, 0.25) is 12.7 Å². The molecule has 1 aliphatic rings. The van der Waals surface area contributed by atoms with Gasteiger partial charge in [0.05, 0.1) is 0 Å². The van der Waals surface area contributed by atoms with Crippen LogP contribution in [0.3, 0.4) is 0 Å². The van der Waals surface area contributed by atoms with E-state index < -0.39 is 0 Å². The number of carbonyl (C=O) groups excluding carboxylic acids is 1. The minimum atomic E-state index is -0.0113. The molecule has 158 valence electrons. The van der Waals surface area contributed by atoms with Crippen molar-refractivity contribution >= 4 is 34.7 Å². The van der Waals surface area contributed by atoms with E-state index in [0.29, 0.717) is 53.3 Å². The van der Waals surface area contributed by atoms with Gasteiger partial charge in [0.15, 0.2) is 33.6 Å². The SMILES string of the molecule is Cc1cc2c(cc1Sc1nc3c(N)ncnc3n1CCC(=O)NCC(C)C)OCO2. The van der Waals surface area contributed by atoms with Crippen molar-refractivity contribution in [1.82, 2.24) is 24.8 Å². The second-order valence-electron chi connectivity index (χ2n) is 7.50. The standard InChI is InChI=1S/C20H24N6O3S/c1-11(2)8-22-16(27)4-5-26-19-17(18(21)23-9-24-19)25-20(26)30-15-7-14-13(6-12(15)3)28-10-29-14/h6-7,9,11H,4-5,8,10H2,1-3H3,(H,22,27)(H2,21,23,24). The maximum atomic E-state index is 12.3. The number of aromatic nitrogens is 4. The van der Waals surface area contributed by atoms with E-state index in [-0.39, 0.29) is 12.7 Å². The average Bonchev–Trinajstić information content (AvgIpc) is 3.29. The molecule has 0 aliphatic carbocycles. The van der Waals surface area contributed by atoms with Gasteiger partial charge < -0.3 is 25.1 Å². The first-order valence-electron chi connectivity index (χ1n) is 9.74. The first kappa shape index (κ1) is 20.3. The summed E-state index contributed by atoms with van der Waals surface area (Å²) in [6.07, 6.45) is 1.73. The molecule has 0 spiro atoms. The van der Waals surface area contributed by atoms with E-state index in [0.717, 1.165) is 16.2 Å². The zero-order valence-corrected chi connectivity index (χ0v) is 18.0.